The lowest BCUT2D eigenvalue weighted by Gasteiger charge is -2.21. The van der Waals surface area contributed by atoms with Crippen LogP contribution in [0.2, 0.25) is 0 Å². The number of hydrogen-bond acceptors (Lipinski definition) is 15. The Balaban J connectivity index is 5.24. The van der Waals surface area contributed by atoms with Gasteiger partial charge < -0.3 is 33.8 Å². The Kier molecular flexibility index (Phi) is 67.4. The van der Waals surface area contributed by atoms with Gasteiger partial charge in [-0.25, -0.2) is 9.13 Å². The van der Waals surface area contributed by atoms with Gasteiger partial charge in [-0.1, -0.05) is 350 Å². The fourth-order valence-corrected chi connectivity index (χ4v) is 13.4. The number of aliphatic hydroxyl groups excluding tert-OH is 1. The third-order valence-electron chi connectivity index (χ3n) is 18.0. The molecule has 0 aromatic carbocycles. The summed E-state index contributed by atoms with van der Waals surface area (Å²) >= 11 is 0. The van der Waals surface area contributed by atoms with Gasteiger partial charge in [0.2, 0.25) is 0 Å². The normalized spacial score (nSPS) is 14.0. The standard InChI is InChI=1S/C77H150O17P2/c1-7-9-11-13-15-17-19-23-31-37-43-49-55-61-76(81)93-72(65-87-74(79)59-53-47-41-35-18-16-14-12-10-8-2)67-91-95(83,84)89-63-71(78)64-90-96(85,86)92-68-73(66-88-75(80)60-54-48-42-36-30-27-26-29-34-40-46-52-58-70(5)6)94-77(82)62-56-50-44-38-32-25-22-20-21-24-28-33-39-45-51-57-69(3)4/h69-73,78H,7-68H2,1-6H3,(H,83,84)(H,85,86)/t71-,72+,73+/m0/s1. The molecule has 0 fully saturated rings. The first-order chi connectivity index (χ1) is 46.4. The average Bonchev–Trinajstić information content (AvgIpc) is 1.17. The molecule has 0 aliphatic rings. The van der Waals surface area contributed by atoms with Gasteiger partial charge in [-0.3, -0.25) is 37.3 Å². The van der Waals surface area contributed by atoms with Gasteiger partial charge in [0.1, 0.15) is 19.3 Å². The largest absolute Gasteiger partial charge is 0.472 e. The van der Waals surface area contributed by atoms with Crippen LogP contribution in [0.25, 0.3) is 0 Å². The third-order valence-corrected chi connectivity index (χ3v) is 19.9. The van der Waals surface area contributed by atoms with E-state index < -0.39 is 97.5 Å². The van der Waals surface area contributed by atoms with Gasteiger partial charge >= 0.3 is 39.5 Å². The van der Waals surface area contributed by atoms with Crippen LogP contribution < -0.4 is 0 Å². The van der Waals surface area contributed by atoms with E-state index in [1.54, 1.807) is 0 Å². The second-order valence-electron chi connectivity index (χ2n) is 28.7. The second-order valence-corrected chi connectivity index (χ2v) is 31.6. The first kappa shape index (κ1) is 94.1. The summed E-state index contributed by atoms with van der Waals surface area (Å²) in [5, 5.41) is 10.6. The first-order valence-electron chi connectivity index (χ1n) is 40.0. The highest BCUT2D eigenvalue weighted by Crippen LogP contribution is 2.45. The van der Waals surface area contributed by atoms with E-state index in [0.717, 1.165) is 102 Å². The maximum Gasteiger partial charge on any atom is 0.472 e. The van der Waals surface area contributed by atoms with Crippen molar-refractivity contribution >= 4 is 39.5 Å². The summed E-state index contributed by atoms with van der Waals surface area (Å²) in [5.74, 6) is -0.528. The van der Waals surface area contributed by atoms with Gasteiger partial charge in [0, 0.05) is 25.7 Å². The van der Waals surface area contributed by atoms with Gasteiger partial charge in [-0.05, 0) is 37.5 Å². The smallest absolute Gasteiger partial charge is 0.462 e. The van der Waals surface area contributed by atoms with Crippen LogP contribution in [0.5, 0.6) is 0 Å². The Labute approximate surface area is 588 Å². The highest BCUT2D eigenvalue weighted by Gasteiger charge is 2.30. The van der Waals surface area contributed by atoms with Gasteiger partial charge in [0.25, 0.3) is 0 Å². The Morgan fingerprint density at radius 1 is 0.281 bits per heavy atom. The first-order valence-corrected chi connectivity index (χ1v) is 43.0. The van der Waals surface area contributed by atoms with Gasteiger partial charge in [-0.2, -0.15) is 0 Å². The molecule has 5 atom stereocenters. The lowest BCUT2D eigenvalue weighted by Crippen LogP contribution is -2.30. The van der Waals surface area contributed by atoms with E-state index in [1.165, 1.54) is 218 Å². The highest BCUT2D eigenvalue weighted by atomic mass is 31.2. The molecule has 0 saturated heterocycles. The average molecular weight is 1410 g/mol. The van der Waals surface area contributed by atoms with E-state index in [1.807, 2.05) is 0 Å². The lowest BCUT2D eigenvalue weighted by atomic mass is 10.0. The lowest BCUT2D eigenvalue weighted by molar-refractivity contribution is -0.161. The van der Waals surface area contributed by atoms with Crippen LogP contribution in [-0.4, -0.2) is 96.7 Å². The predicted molar refractivity (Wildman–Crippen MR) is 391 cm³/mol. The molecule has 0 rings (SSSR count). The van der Waals surface area contributed by atoms with Crippen molar-refractivity contribution in [1.82, 2.24) is 0 Å². The SMILES string of the molecule is CCCCCCCCCCCCCCCC(=O)O[C@H](COC(=O)CCCCCCCCCCCC)COP(=O)(O)OC[C@H](O)COP(=O)(O)OC[C@@H](COC(=O)CCCCCCCCCCCCCCC(C)C)OC(=O)CCCCCCCCCCCCCCCCCC(C)C. The number of unbranched alkanes of at least 4 members (excludes halogenated alkanes) is 46. The minimum Gasteiger partial charge on any atom is -0.462 e. The Morgan fingerprint density at radius 3 is 0.708 bits per heavy atom. The highest BCUT2D eigenvalue weighted by molar-refractivity contribution is 7.47. The van der Waals surface area contributed by atoms with Crippen LogP contribution in [-0.2, 0) is 65.4 Å². The molecule has 3 N–H and O–H groups in total. The number of phosphoric acid groups is 2. The Hall–Kier alpha value is -1.94. The quantitative estimate of drug-likeness (QED) is 0.0222. The van der Waals surface area contributed by atoms with E-state index in [4.69, 9.17) is 37.0 Å². The molecule has 0 aliphatic heterocycles. The number of aliphatic hydroxyl groups is 1. The minimum absolute atomic E-state index is 0.108. The molecule has 19 heteroatoms. The number of phosphoric ester groups is 2. The molecule has 96 heavy (non-hydrogen) atoms. The molecule has 570 valence electrons. The molecular weight excluding hydrogens is 1260 g/mol. The molecule has 0 spiro atoms. The molecular formula is C77H150O17P2. The maximum absolute atomic E-state index is 13.1. The zero-order valence-electron chi connectivity index (χ0n) is 62.7. The summed E-state index contributed by atoms with van der Waals surface area (Å²) in [6.07, 6.45) is 56.7. The van der Waals surface area contributed by atoms with Crippen LogP contribution in [0, 0.1) is 11.8 Å². The van der Waals surface area contributed by atoms with Crippen LogP contribution >= 0.6 is 15.6 Å². The summed E-state index contributed by atoms with van der Waals surface area (Å²) in [5.41, 5.74) is 0. The second kappa shape index (κ2) is 68.8. The summed E-state index contributed by atoms with van der Waals surface area (Å²) in [6.45, 7) is 9.64. The van der Waals surface area contributed by atoms with Crippen molar-refractivity contribution in [2.75, 3.05) is 39.6 Å². The van der Waals surface area contributed by atoms with E-state index >= 15 is 0 Å². The molecule has 0 aromatic heterocycles. The van der Waals surface area contributed by atoms with E-state index in [-0.39, 0.29) is 25.7 Å². The summed E-state index contributed by atoms with van der Waals surface area (Å²) < 4.78 is 68.6. The van der Waals surface area contributed by atoms with Gasteiger partial charge in [0.05, 0.1) is 26.4 Å². The van der Waals surface area contributed by atoms with E-state index in [2.05, 4.69) is 41.5 Å². The van der Waals surface area contributed by atoms with Crippen LogP contribution in [0.15, 0.2) is 0 Å². The van der Waals surface area contributed by atoms with Gasteiger partial charge in [-0.15, -0.1) is 0 Å². The summed E-state index contributed by atoms with van der Waals surface area (Å²) in [6, 6.07) is 0. The molecule has 0 aliphatic carbocycles. The van der Waals surface area contributed by atoms with Crippen molar-refractivity contribution in [3.05, 3.63) is 0 Å². The number of hydrogen-bond donors (Lipinski definition) is 3. The van der Waals surface area contributed by atoms with Crippen molar-refractivity contribution in [3.8, 4) is 0 Å². The molecule has 2 unspecified atom stereocenters. The van der Waals surface area contributed by atoms with Crippen molar-refractivity contribution in [2.45, 2.75) is 419 Å². The summed E-state index contributed by atoms with van der Waals surface area (Å²) in [7, 11) is -9.91. The Morgan fingerprint density at radius 2 is 0.479 bits per heavy atom. The van der Waals surface area contributed by atoms with Crippen molar-refractivity contribution < 1.29 is 80.2 Å². The summed E-state index contributed by atoms with van der Waals surface area (Å²) in [4.78, 5) is 72.8. The van der Waals surface area contributed by atoms with E-state index in [9.17, 15) is 43.2 Å². The van der Waals surface area contributed by atoms with Crippen molar-refractivity contribution in [3.63, 3.8) is 0 Å². The number of rotatable bonds is 76. The minimum atomic E-state index is -4.96. The number of ether oxygens (including phenoxy) is 4. The molecule has 17 nitrogen and oxygen atoms in total. The molecule has 0 bridgehead atoms. The number of carbonyl (C=O) groups is 4. The maximum atomic E-state index is 13.1. The fourth-order valence-electron chi connectivity index (χ4n) is 11.8. The van der Waals surface area contributed by atoms with Crippen molar-refractivity contribution in [2.24, 2.45) is 11.8 Å². The third kappa shape index (κ3) is 70.5. The fraction of sp³-hybridized carbons (Fsp3) is 0.948. The molecule has 0 radical (unpaired) electrons. The molecule has 0 heterocycles. The van der Waals surface area contributed by atoms with E-state index in [0.29, 0.717) is 25.7 Å². The zero-order valence-corrected chi connectivity index (χ0v) is 64.5. The molecule has 0 amide bonds. The monoisotopic (exact) mass is 1410 g/mol. The van der Waals surface area contributed by atoms with Crippen LogP contribution in [0.3, 0.4) is 0 Å². The van der Waals surface area contributed by atoms with Gasteiger partial charge in [0.15, 0.2) is 12.2 Å². The van der Waals surface area contributed by atoms with Crippen LogP contribution in [0.4, 0.5) is 0 Å². The topological polar surface area (TPSA) is 237 Å². The van der Waals surface area contributed by atoms with Crippen molar-refractivity contribution in [1.29, 1.82) is 0 Å². The molecule has 0 saturated carbocycles. The van der Waals surface area contributed by atoms with Crippen LogP contribution in [0.1, 0.15) is 401 Å². The zero-order chi connectivity index (χ0) is 70.7. The number of carbonyl (C=O) groups excluding carboxylic acids is 4. The number of esters is 4. The molecule has 0 aromatic rings. The predicted octanol–water partition coefficient (Wildman–Crippen LogP) is 22.7. The Bertz CT molecular complexity index is 1860.